The number of benzene rings is 12. The average molecular weight is 1180 g/mol. The van der Waals surface area contributed by atoms with Crippen LogP contribution in [0.15, 0.2) is 230 Å². The molecule has 12 aromatic carbocycles. The minimum atomic E-state index is -1.86. The summed E-state index contributed by atoms with van der Waals surface area (Å²) in [6, 6.07) is 48.2. The van der Waals surface area contributed by atoms with Crippen molar-refractivity contribution in [3.63, 3.8) is 0 Å². The van der Waals surface area contributed by atoms with Crippen LogP contribution >= 0.6 is 0 Å². The fourth-order valence-electron chi connectivity index (χ4n) is 11.6. The monoisotopic (exact) mass is 1170 g/mol. The van der Waals surface area contributed by atoms with Crippen LogP contribution in [0.4, 0.5) is 42.9 Å². The normalized spacial score (nSPS) is 14.1. The summed E-state index contributed by atoms with van der Waals surface area (Å²) in [5.41, 5.74) is 4.67. The van der Waals surface area contributed by atoms with Crippen molar-refractivity contribution in [1.82, 2.24) is 0 Å². The molecule has 0 atom stereocenters. The van der Waals surface area contributed by atoms with Gasteiger partial charge in [0, 0.05) is 33.3 Å². The Kier molecular flexibility index (Phi) is 11.7. The Balaban J connectivity index is 1.17. The first-order chi connectivity index (χ1) is 44.1. The highest BCUT2D eigenvalue weighted by atomic mass is 28.3. The van der Waals surface area contributed by atoms with Crippen molar-refractivity contribution >= 4 is 119 Å². The van der Waals surface area contributed by atoms with E-state index in [-0.39, 0.29) is 34.1 Å². The van der Waals surface area contributed by atoms with Gasteiger partial charge in [0.05, 0.1) is 68.8 Å². The molecule has 0 spiro atoms. The van der Waals surface area contributed by atoms with E-state index >= 15 is 8.78 Å². The standard InChI is InChI=1S/C76H74F2N2Si4/c1-81(2,3)61-35-23-51(24-36-61)57-47-67(53-27-39-63(40-28-53)83(7,8)9)75(69(77)49-57)79(59-19-15-13-16-20-59)71-45-33-55-32-44-66-72(46-34-56-31-43-65(71)73(55)74(56)66)80(60-21-17-14-18-22-60)76-68(54-29-41-64(42-30-54)84(10,11)12)48-58(50-70(76)78)52-25-37-62(38-26-52)82(4,5)6/h13-50H,1-12H3/i13D,14D,15D,16D,17D,18D,19D,20D,21D,22D. The molecule has 0 aromatic heterocycles. The molecule has 0 amide bonds. The lowest BCUT2D eigenvalue weighted by molar-refractivity contribution is 0.629. The lowest BCUT2D eigenvalue weighted by Crippen LogP contribution is -2.37. The van der Waals surface area contributed by atoms with Gasteiger partial charge in [-0.3, -0.25) is 0 Å². The van der Waals surface area contributed by atoms with Gasteiger partial charge in [0.15, 0.2) is 0 Å². The van der Waals surface area contributed by atoms with E-state index in [2.05, 4.69) is 127 Å². The van der Waals surface area contributed by atoms with Crippen LogP contribution in [-0.4, -0.2) is 32.3 Å². The minimum absolute atomic E-state index is 0.0545. The number of halogens is 2. The summed E-state index contributed by atoms with van der Waals surface area (Å²) in [4.78, 5) is 2.94. The molecule has 0 aliphatic carbocycles. The van der Waals surface area contributed by atoms with Gasteiger partial charge in [-0.1, -0.05) is 269 Å². The van der Waals surface area contributed by atoms with Crippen molar-refractivity contribution in [1.29, 1.82) is 0 Å². The Morgan fingerprint density at radius 2 is 0.595 bits per heavy atom. The second-order valence-corrected chi connectivity index (χ2v) is 46.5. The van der Waals surface area contributed by atoms with Gasteiger partial charge in [-0.25, -0.2) is 8.78 Å². The van der Waals surface area contributed by atoms with Crippen LogP contribution in [-0.2, 0) is 0 Å². The van der Waals surface area contributed by atoms with Crippen molar-refractivity contribution in [2.45, 2.75) is 78.6 Å². The van der Waals surface area contributed by atoms with Crippen LogP contribution in [0.25, 0.3) is 76.8 Å². The first-order valence-corrected chi connectivity index (χ1v) is 42.7. The molecule has 418 valence electrons. The molecule has 0 heterocycles. The van der Waals surface area contributed by atoms with Crippen LogP contribution in [0.1, 0.15) is 13.7 Å². The molecule has 0 saturated carbocycles. The van der Waals surface area contributed by atoms with E-state index < -0.39 is 104 Å². The van der Waals surface area contributed by atoms with E-state index in [1.807, 2.05) is 97.1 Å². The molecule has 0 saturated heterocycles. The van der Waals surface area contributed by atoms with Crippen LogP contribution < -0.4 is 30.5 Å². The van der Waals surface area contributed by atoms with Gasteiger partial charge in [-0.2, -0.15) is 0 Å². The maximum Gasteiger partial charge on any atom is 0.148 e. The summed E-state index contributed by atoms with van der Waals surface area (Å²) in [5, 5.41) is 8.47. The van der Waals surface area contributed by atoms with Crippen molar-refractivity contribution in [2.75, 3.05) is 9.80 Å². The Morgan fingerprint density at radius 1 is 0.310 bits per heavy atom. The molecular formula is C76H74F2N2Si4. The third kappa shape index (κ3) is 10.7. The highest BCUT2D eigenvalue weighted by Crippen LogP contribution is 2.52. The molecule has 8 heteroatoms. The molecule has 0 aliphatic heterocycles. The highest BCUT2D eigenvalue weighted by molar-refractivity contribution is 6.90. The lowest BCUT2D eigenvalue weighted by Gasteiger charge is -2.32. The zero-order chi connectivity index (χ0) is 67.7. The van der Waals surface area contributed by atoms with Crippen molar-refractivity contribution in [3.8, 4) is 44.5 Å². The van der Waals surface area contributed by atoms with Gasteiger partial charge in [0.2, 0.25) is 0 Å². The number of nitrogens with zero attached hydrogens (tertiary/aromatic N) is 2. The summed E-state index contributed by atoms with van der Waals surface area (Å²) in [7, 11) is -7.16. The van der Waals surface area contributed by atoms with Crippen LogP contribution in [0, 0.1) is 11.6 Å². The number of rotatable bonds is 14. The maximum atomic E-state index is 18.6. The van der Waals surface area contributed by atoms with Crippen molar-refractivity contribution in [2.24, 2.45) is 0 Å². The van der Waals surface area contributed by atoms with E-state index in [1.54, 1.807) is 12.1 Å². The summed E-state index contributed by atoms with van der Waals surface area (Å²) in [6.45, 7) is 27.1. The average Bonchev–Trinajstić information content (AvgIpc) is 0.714. The van der Waals surface area contributed by atoms with E-state index in [9.17, 15) is 5.48 Å². The first kappa shape index (κ1) is 45.4. The summed E-state index contributed by atoms with van der Waals surface area (Å²) in [5.74, 6) is -1.43. The van der Waals surface area contributed by atoms with E-state index in [0.717, 1.165) is 11.1 Å². The zero-order valence-corrected chi connectivity index (χ0v) is 53.8. The van der Waals surface area contributed by atoms with Crippen molar-refractivity contribution < 1.29 is 22.5 Å². The zero-order valence-electron chi connectivity index (χ0n) is 59.8. The van der Waals surface area contributed by atoms with Gasteiger partial charge in [-0.05, 0) is 115 Å². The molecule has 0 N–H and O–H groups in total. The van der Waals surface area contributed by atoms with Gasteiger partial charge < -0.3 is 9.80 Å². The minimum Gasteiger partial charge on any atom is -0.307 e. The van der Waals surface area contributed by atoms with Gasteiger partial charge >= 0.3 is 0 Å². The Labute approximate surface area is 514 Å². The molecule has 0 radical (unpaired) electrons. The van der Waals surface area contributed by atoms with Crippen LogP contribution in [0.3, 0.4) is 0 Å². The number of hydrogen-bond donors (Lipinski definition) is 0. The number of para-hydroxylation sites is 2. The van der Waals surface area contributed by atoms with Gasteiger partial charge in [-0.15, -0.1) is 0 Å². The van der Waals surface area contributed by atoms with E-state index in [0.29, 0.717) is 65.7 Å². The van der Waals surface area contributed by atoms with Crippen LogP contribution in [0.2, 0.25) is 78.6 Å². The van der Waals surface area contributed by atoms with E-state index in [4.69, 9.17) is 8.22 Å². The third-order valence-corrected chi connectivity index (χ3v) is 24.6. The molecule has 0 aliphatic rings. The van der Waals surface area contributed by atoms with E-state index in [1.165, 1.54) is 42.7 Å². The molecule has 84 heavy (non-hydrogen) atoms. The molecule has 0 unspecified atom stereocenters. The van der Waals surface area contributed by atoms with Crippen molar-refractivity contribution in [3.05, 3.63) is 242 Å². The quantitative estimate of drug-likeness (QED) is 0.0791. The summed E-state index contributed by atoms with van der Waals surface area (Å²) >= 11 is 0. The molecule has 0 fully saturated rings. The lowest BCUT2D eigenvalue weighted by atomic mass is 9.90. The third-order valence-electron chi connectivity index (χ3n) is 16.4. The fraction of sp³-hybridized carbons (Fsp3) is 0.158. The van der Waals surface area contributed by atoms with Gasteiger partial charge in [0.25, 0.3) is 0 Å². The summed E-state index contributed by atoms with van der Waals surface area (Å²) < 4.78 is 130. The molecule has 0 bridgehead atoms. The SMILES string of the molecule is [2H]c1c([2H])c([2H])c(N(c2c(F)cc(-c3ccc([Si](C)(C)C)cc3)cc2-c2ccc([Si](C)(C)C)cc2)c2ccc3ccc4c(N(c5c(F)cc(-c6ccc([Si](C)(C)C)cc6)cc5-c5ccc([Si](C)(C)C)cc5)c5c([2H])c([2H])c([2H])c([2H])c5[2H])ccc5ccc2c3c54)c([2H])c1[2H]. The maximum absolute atomic E-state index is 18.6. The Hall–Kier alpha value is -7.99. The van der Waals surface area contributed by atoms with Gasteiger partial charge in [0.1, 0.15) is 11.6 Å². The second kappa shape index (κ2) is 21.6. The molecule has 2 nitrogen and oxygen atoms in total. The largest absolute Gasteiger partial charge is 0.307 e. The molecule has 12 rings (SSSR count). The number of anilines is 6. The Bertz CT molecular complexity index is 4650. The predicted octanol–water partition coefficient (Wildman–Crippen LogP) is 20.7. The topological polar surface area (TPSA) is 6.48 Å². The Morgan fingerprint density at radius 3 is 0.893 bits per heavy atom. The molecular weight excluding hydrogens is 1090 g/mol. The fourth-order valence-corrected chi connectivity index (χ4v) is 16.3. The smallest absolute Gasteiger partial charge is 0.148 e. The number of hydrogen-bond acceptors (Lipinski definition) is 2. The first-order valence-electron chi connectivity index (χ1n) is 33.7. The van der Waals surface area contributed by atoms with Crippen LogP contribution in [0.5, 0.6) is 0 Å². The highest BCUT2D eigenvalue weighted by Gasteiger charge is 2.30. The second-order valence-electron chi connectivity index (χ2n) is 26.2. The predicted molar refractivity (Wildman–Crippen MR) is 373 cm³/mol. The molecule has 12 aromatic rings. The summed E-state index contributed by atoms with van der Waals surface area (Å²) in [6.07, 6.45) is 0.